The molecule has 0 fully saturated rings. The molecule has 0 aliphatic rings. The van der Waals surface area contributed by atoms with E-state index in [1.54, 1.807) is 0 Å². The van der Waals surface area contributed by atoms with Gasteiger partial charge in [-0.1, -0.05) is 13.2 Å². The molecule has 0 atom stereocenters. The number of hydrogen-bond acceptors (Lipinski definition) is 0. The summed E-state index contributed by atoms with van der Waals surface area (Å²) in [5.74, 6) is 0. The van der Waals surface area contributed by atoms with Crippen LogP contribution < -0.4 is 17.0 Å². The Morgan fingerprint density at radius 1 is 1.25 bits per heavy atom. The first-order valence-corrected chi connectivity index (χ1v) is 0.408. The second-order valence-electron chi connectivity index (χ2n) is 0. The van der Waals surface area contributed by atoms with Crippen molar-refractivity contribution in [2.45, 2.75) is 0 Å². The van der Waals surface area contributed by atoms with Crippen molar-refractivity contribution in [1.29, 1.82) is 0 Å². The molecule has 0 unspecified atom stereocenters. The minimum atomic E-state index is 0. The van der Waals surface area contributed by atoms with Crippen LogP contribution in [-0.2, 0) is 19.5 Å². The van der Waals surface area contributed by atoms with Gasteiger partial charge in [-0.15, -0.1) is 0 Å². The van der Waals surface area contributed by atoms with E-state index in [0.717, 1.165) is 0 Å². The third kappa shape index (κ3) is 13.6. The summed E-state index contributed by atoms with van der Waals surface area (Å²) in [5, 5.41) is 0. The monoisotopic (exact) mass is 170 g/mol. The maximum absolute atomic E-state index is 4.25. The fraction of sp³-hybridized carbons (Fsp3) is 0. The molecular weight excluding hydrogens is 169 g/mol. The molecule has 0 saturated carbocycles. The van der Waals surface area contributed by atoms with Crippen LogP contribution in [-0.4, -0.2) is 0 Å². The number of rotatable bonds is 0. The van der Waals surface area contributed by atoms with E-state index >= 15 is 0 Å². The molecule has 0 aliphatic heterocycles. The smallest absolute Gasteiger partial charge is 0 e. The summed E-state index contributed by atoms with van der Waals surface area (Å²) in [6.07, 6.45) is 0. The quantitative estimate of drug-likeness (QED) is 0.358. The van der Waals surface area contributed by atoms with Gasteiger partial charge < -0.3 is 17.0 Å². The molecule has 1 radical (unpaired) electrons. The Morgan fingerprint density at radius 2 is 1.25 bits per heavy atom. The average molecular weight is 172 g/mol. The summed E-state index contributed by atoms with van der Waals surface area (Å²) < 4.78 is 0. The van der Waals surface area contributed by atoms with Crippen molar-refractivity contribution in [2.24, 2.45) is 0 Å². The molecule has 4 heavy (non-hydrogen) atoms. The molecule has 0 aliphatic carbocycles. The Labute approximate surface area is 49.8 Å². The van der Waals surface area contributed by atoms with Crippen LogP contribution in [0.5, 0.6) is 0 Å². The standard InChI is InChI=1S/C2H3.BrH.Zn/c1-2;;/h1H,2H2;1H;/p-1. The van der Waals surface area contributed by atoms with Gasteiger partial charge in [-0.05, 0) is 0 Å². The minimum absolute atomic E-state index is 0. The maximum Gasteiger partial charge on any atom is 0 e. The second kappa shape index (κ2) is 43.7. The molecule has 0 rings (SSSR count). The van der Waals surface area contributed by atoms with Gasteiger partial charge in [-0.2, -0.15) is 0 Å². The Kier molecular flexibility index (Phi) is 230. The summed E-state index contributed by atoms with van der Waals surface area (Å²) in [6.45, 7) is 7.00. The summed E-state index contributed by atoms with van der Waals surface area (Å²) >= 11 is 0. The van der Waals surface area contributed by atoms with Crippen molar-refractivity contribution in [3.63, 3.8) is 0 Å². The zero-order valence-corrected chi connectivity index (χ0v) is 6.92. The molecule has 2 heteroatoms. The first kappa shape index (κ1) is 21.1. The van der Waals surface area contributed by atoms with Gasteiger partial charge in [0.1, 0.15) is 0 Å². The first-order chi connectivity index (χ1) is 1.00. The van der Waals surface area contributed by atoms with E-state index in [9.17, 15) is 0 Å². The summed E-state index contributed by atoms with van der Waals surface area (Å²) in [7, 11) is 0. The summed E-state index contributed by atoms with van der Waals surface area (Å²) in [6, 6.07) is 0. The van der Waals surface area contributed by atoms with Crippen LogP contribution in [0.3, 0.4) is 0 Å². The van der Waals surface area contributed by atoms with E-state index in [1.807, 2.05) is 0 Å². The van der Waals surface area contributed by atoms with Gasteiger partial charge in [-0.3, -0.25) is 0 Å². The van der Waals surface area contributed by atoms with Crippen LogP contribution in [0.2, 0.25) is 0 Å². The molecule has 0 heterocycles. The van der Waals surface area contributed by atoms with Crippen molar-refractivity contribution in [3.8, 4) is 0 Å². The van der Waals surface area contributed by atoms with Gasteiger partial charge in [0, 0.05) is 19.5 Å². The molecular formula is C2H3BrZn-. The summed E-state index contributed by atoms with van der Waals surface area (Å²) in [5.41, 5.74) is 0. The maximum atomic E-state index is 4.25. The van der Waals surface area contributed by atoms with Crippen LogP contribution in [0.4, 0.5) is 0 Å². The molecule has 0 amide bonds. The van der Waals surface area contributed by atoms with Crippen molar-refractivity contribution in [1.82, 2.24) is 0 Å². The number of halogens is 1. The minimum Gasteiger partial charge on any atom is -1.00 e. The van der Waals surface area contributed by atoms with E-state index in [2.05, 4.69) is 13.2 Å². The fourth-order valence-corrected chi connectivity index (χ4v) is 0. The first-order valence-electron chi connectivity index (χ1n) is 0.408. The van der Waals surface area contributed by atoms with E-state index in [1.165, 1.54) is 0 Å². The van der Waals surface area contributed by atoms with Gasteiger partial charge >= 0.3 is 0 Å². The van der Waals surface area contributed by atoms with E-state index in [4.69, 9.17) is 0 Å². The average Bonchev–Trinajstić information content (AvgIpc) is 1.00. The third-order valence-electron chi connectivity index (χ3n) is 0. The molecule has 0 N–H and O–H groups in total. The molecule has 0 spiro atoms. The normalized spacial score (nSPS) is 1.00. The van der Waals surface area contributed by atoms with Crippen molar-refractivity contribution in [3.05, 3.63) is 13.2 Å². The molecule has 0 aromatic rings. The topological polar surface area (TPSA) is 0 Å². The molecule has 0 bridgehead atoms. The van der Waals surface area contributed by atoms with Crippen LogP contribution in [0.25, 0.3) is 0 Å². The van der Waals surface area contributed by atoms with Gasteiger partial charge in [0.05, 0.1) is 0 Å². The Bertz CT molecular complexity index is 6.00. The van der Waals surface area contributed by atoms with Crippen LogP contribution >= 0.6 is 0 Å². The van der Waals surface area contributed by atoms with Crippen LogP contribution in [0.15, 0.2) is 6.58 Å². The zero-order valence-electron chi connectivity index (χ0n) is 2.37. The second-order valence-corrected chi connectivity index (χ2v) is 0. The SMILES string of the molecule is [Br-].[CH]=C.[Zn]. The van der Waals surface area contributed by atoms with Gasteiger partial charge in [0.2, 0.25) is 0 Å². The molecule has 0 saturated heterocycles. The van der Waals surface area contributed by atoms with Gasteiger partial charge in [-0.25, -0.2) is 0 Å². The number of hydrogen-bond donors (Lipinski definition) is 0. The predicted octanol–water partition coefficient (Wildman–Crippen LogP) is -2.39. The van der Waals surface area contributed by atoms with Crippen molar-refractivity contribution >= 4 is 0 Å². The van der Waals surface area contributed by atoms with E-state index in [-0.39, 0.29) is 36.5 Å². The largest absolute Gasteiger partial charge is 1.00 e. The van der Waals surface area contributed by atoms with Crippen LogP contribution in [0, 0.1) is 6.58 Å². The Balaban J connectivity index is -0.00000000500. The third-order valence-corrected chi connectivity index (χ3v) is 0. The predicted molar refractivity (Wildman–Crippen MR) is 9.93 cm³/mol. The zero-order chi connectivity index (χ0) is 2.00. The van der Waals surface area contributed by atoms with E-state index < -0.39 is 0 Å². The Morgan fingerprint density at radius 3 is 1.25 bits per heavy atom. The van der Waals surface area contributed by atoms with Crippen LogP contribution in [0.1, 0.15) is 0 Å². The molecule has 0 aromatic heterocycles. The van der Waals surface area contributed by atoms with E-state index in [0.29, 0.717) is 0 Å². The molecule has 21 valence electrons. The van der Waals surface area contributed by atoms with Crippen molar-refractivity contribution < 1.29 is 36.5 Å². The van der Waals surface area contributed by atoms with Gasteiger partial charge in [0.25, 0.3) is 0 Å². The fourth-order valence-electron chi connectivity index (χ4n) is 0. The van der Waals surface area contributed by atoms with Gasteiger partial charge in [0.15, 0.2) is 0 Å². The van der Waals surface area contributed by atoms with Crippen molar-refractivity contribution in [2.75, 3.05) is 0 Å². The Hall–Kier alpha value is 0.843. The molecule has 0 aromatic carbocycles. The molecule has 0 nitrogen and oxygen atoms in total. The summed E-state index contributed by atoms with van der Waals surface area (Å²) in [4.78, 5) is 0.